The van der Waals surface area contributed by atoms with E-state index in [4.69, 9.17) is 0 Å². The molecule has 104 valence electrons. The number of thiazole rings is 1. The molecule has 3 aromatic rings. The van der Waals surface area contributed by atoms with E-state index in [1.54, 1.807) is 11.3 Å². The predicted molar refractivity (Wildman–Crippen MR) is 83.7 cm³/mol. The van der Waals surface area contributed by atoms with Crippen molar-refractivity contribution in [2.45, 2.75) is 13.5 Å². The van der Waals surface area contributed by atoms with Gasteiger partial charge in [0.1, 0.15) is 5.82 Å². The molecule has 0 aliphatic rings. The molecule has 20 heavy (non-hydrogen) atoms. The van der Waals surface area contributed by atoms with Gasteiger partial charge in [0.15, 0.2) is 4.96 Å². The summed E-state index contributed by atoms with van der Waals surface area (Å²) in [7, 11) is 3.97. The first-order valence-electron chi connectivity index (χ1n) is 6.43. The summed E-state index contributed by atoms with van der Waals surface area (Å²) in [6.45, 7) is 2.79. The largest absolute Gasteiger partial charge is 0.378 e. The third-order valence-corrected chi connectivity index (χ3v) is 3.98. The first kappa shape index (κ1) is 12.9. The van der Waals surface area contributed by atoms with Gasteiger partial charge in [-0.3, -0.25) is 4.40 Å². The zero-order valence-electron chi connectivity index (χ0n) is 11.8. The molecule has 0 aromatic carbocycles. The Morgan fingerprint density at radius 3 is 2.90 bits per heavy atom. The van der Waals surface area contributed by atoms with Crippen molar-refractivity contribution >= 4 is 27.8 Å². The monoisotopic (exact) mass is 287 g/mol. The van der Waals surface area contributed by atoms with Crippen LogP contribution in [0.3, 0.4) is 0 Å². The molecule has 0 radical (unpaired) electrons. The quantitative estimate of drug-likeness (QED) is 0.801. The summed E-state index contributed by atoms with van der Waals surface area (Å²) in [6.07, 6.45) is 3.92. The molecule has 3 heterocycles. The lowest BCUT2D eigenvalue weighted by molar-refractivity contribution is 0.990. The Bertz CT molecular complexity index is 711. The van der Waals surface area contributed by atoms with Crippen LogP contribution in [0.1, 0.15) is 11.4 Å². The molecule has 5 nitrogen and oxygen atoms in total. The molecule has 0 aliphatic carbocycles. The van der Waals surface area contributed by atoms with Crippen LogP contribution in [0.25, 0.3) is 4.96 Å². The fraction of sp³-hybridized carbons (Fsp3) is 0.286. The van der Waals surface area contributed by atoms with E-state index in [2.05, 4.69) is 31.3 Å². The van der Waals surface area contributed by atoms with E-state index in [1.807, 2.05) is 44.2 Å². The number of hydrogen-bond donors (Lipinski definition) is 1. The van der Waals surface area contributed by atoms with Gasteiger partial charge in [0.25, 0.3) is 0 Å². The zero-order valence-corrected chi connectivity index (χ0v) is 12.6. The number of pyridine rings is 1. The molecule has 0 saturated carbocycles. The van der Waals surface area contributed by atoms with Crippen LogP contribution in [0.5, 0.6) is 0 Å². The van der Waals surface area contributed by atoms with Crippen LogP contribution in [0.2, 0.25) is 0 Å². The van der Waals surface area contributed by atoms with Gasteiger partial charge in [-0.05, 0) is 19.1 Å². The molecule has 3 rings (SSSR count). The summed E-state index contributed by atoms with van der Waals surface area (Å²) in [4.78, 5) is 12.0. The Morgan fingerprint density at radius 2 is 2.20 bits per heavy atom. The number of nitrogens with zero attached hydrogens (tertiary/aromatic N) is 4. The van der Waals surface area contributed by atoms with E-state index in [9.17, 15) is 0 Å². The van der Waals surface area contributed by atoms with E-state index in [0.717, 1.165) is 28.7 Å². The molecule has 0 atom stereocenters. The highest BCUT2D eigenvalue weighted by Gasteiger charge is 2.09. The minimum absolute atomic E-state index is 0.743. The highest BCUT2D eigenvalue weighted by Crippen LogP contribution is 2.18. The Hall–Kier alpha value is -2.08. The number of nitrogens with one attached hydrogen (secondary N) is 1. The van der Waals surface area contributed by atoms with Crippen molar-refractivity contribution in [2.75, 3.05) is 24.3 Å². The Kier molecular flexibility index (Phi) is 3.31. The molecule has 0 unspecified atom stereocenters. The van der Waals surface area contributed by atoms with Gasteiger partial charge < -0.3 is 10.2 Å². The predicted octanol–water partition coefficient (Wildman–Crippen LogP) is 2.78. The average molecular weight is 287 g/mol. The van der Waals surface area contributed by atoms with Gasteiger partial charge in [-0.25, -0.2) is 9.97 Å². The number of aryl methyl sites for hydroxylation is 1. The van der Waals surface area contributed by atoms with Gasteiger partial charge in [0, 0.05) is 25.7 Å². The van der Waals surface area contributed by atoms with Crippen LogP contribution in [-0.4, -0.2) is 28.5 Å². The molecule has 6 heteroatoms. The van der Waals surface area contributed by atoms with Gasteiger partial charge in [-0.2, -0.15) is 0 Å². The fourth-order valence-electron chi connectivity index (χ4n) is 2.09. The van der Waals surface area contributed by atoms with Crippen molar-refractivity contribution in [1.82, 2.24) is 14.4 Å². The molecular weight excluding hydrogens is 270 g/mol. The second-order valence-electron chi connectivity index (χ2n) is 4.85. The zero-order chi connectivity index (χ0) is 14.1. The number of aromatic nitrogens is 3. The van der Waals surface area contributed by atoms with Gasteiger partial charge in [-0.15, -0.1) is 11.3 Å². The summed E-state index contributed by atoms with van der Waals surface area (Å²) in [6, 6.07) is 4.05. The van der Waals surface area contributed by atoms with Crippen molar-refractivity contribution in [3.63, 3.8) is 0 Å². The van der Waals surface area contributed by atoms with Crippen LogP contribution >= 0.6 is 11.3 Å². The summed E-state index contributed by atoms with van der Waals surface area (Å²) in [5.74, 6) is 0.955. The molecule has 0 fully saturated rings. The van der Waals surface area contributed by atoms with Gasteiger partial charge in [0.2, 0.25) is 0 Å². The smallest absolute Gasteiger partial charge is 0.194 e. The summed E-state index contributed by atoms with van der Waals surface area (Å²) in [5, 5.41) is 5.45. The third kappa shape index (κ3) is 2.34. The number of anilines is 2. The fourth-order valence-corrected chi connectivity index (χ4v) is 2.87. The number of imidazole rings is 1. The Balaban J connectivity index is 1.76. The maximum atomic E-state index is 4.54. The maximum Gasteiger partial charge on any atom is 0.194 e. The molecule has 0 bridgehead atoms. The van der Waals surface area contributed by atoms with Gasteiger partial charge >= 0.3 is 0 Å². The highest BCUT2D eigenvalue weighted by atomic mass is 32.1. The Morgan fingerprint density at radius 1 is 1.35 bits per heavy atom. The second-order valence-corrected chi connectivity index (χ2v) is 5.73. The number of fused-ring (bicyclic) bond motifs is 1. The third-order valence-electron chi connectivity index (χ3n) is 3.23. The summed E-state index contributed by atoms with van der Waals surface area (Å²) < 4.78 is 2.13. The van der Waals surface area contributed by atoms with Crippen molar-refractivity contribution in [1.29, 1.82) is 0 Å². The van der Waals surface area contributed by atoms with Gasteiger partial charge in [0.05, 0.1) is 29.8 Å². The normalized spacial score (nSPS) is 10.9. The summed E-state index contributed by atoms with van der Waals surface area (Å²) >= 11 is 1.66. The Labute approximate surface area is 121 Å². The lowest BCUT2D eigenvalue weighted by Crippen LogP contribution is -2.10. The average Bonchev–Trinajstić information content (AvgIpc) is 2.98. The molecule has 0 saturated heterocycles. The van der Waals surface area contributed by atoms with Crippen molar-refractivity contribution in [3.05, 3.63) is 41.3 Å². The van der Waals surface area contributed by atoms with E-state index >= 15 is 0 Å². The van der Waals surface area contributed by atoms with E-state index in [-0.39, 0.29) is 0 Å². The van der Waals surface area contributed by atoms with Crippen LogP contribution in [-0.2, 0) is 6.54 Å². The van der Waals surface area contributed by atoms with Crippen LogP contribution in [0.4, 0.5) is 11.5 Å². The standard InChI is InChI=1S/C14H17N5S/c1-10-12(19-6-7-20-14(19)17-10)9-15-11-4-5-13(16-8-11)18(2)3/h4-8,15H,9H2,1-3H3. The van der Waals surface area contributed by atoms with E-state index in [1.165, 1.54) is 5.69 Å². The van der Waals surface area contributed by atoms with E-state index in [0.29, 0.717) is 0 Å². The van der Waals surface area contributed by atoms with E-state index < -0.39 is 0 Å². The SMILES string of the molecule is Cc1nc2sccn2c1CNc1ccc(N(C)C)nc1. The van der Waals surface area contributed by atoms with Gasteiger partial charge in [-0.1, -0.05) is 0 Å². The summed E-state index contributed by atoms with van der Waals surface area (Å²) in [5.41, 5.74) is 3.28. The molecule has 0 amide bonds. The van der Waals surface area contributed by atoms with Crippen molar-refractivity contribution in [3.8, 4) is 0 Å². The van der Waals surface area contributed by atoms with Crippen molar-refractivity contribution in [2.24, 2.45) is 0 Å². The number of rotatable bonds is 4. The first-order valence-corrected chi connectivity index (χ1v) is 7.31. The van der Waals surface area contributed by atoms with Crippen LogP contribution < -0.4 is 10.2 Å². The number of hydrogen-bond acceptors (Lipinski definition) is 5. The highest BCUT2D eigenvalue weighted by molar-refractivity contribution is 7.15. The van der Waals surface area contributed by atoms with Crippen LogP contribution in [0.15, 0.2) is 29.9 Å². The van der Waals surface area contributed by atoms with Crippen LogP contribution in [0, 0.1) is 6.92 Å². The minimum Gasteiger partial charge on any atom is -0.378 e. The first-order chi connectivity index (χ1) is 9.65. The molecular formula is C14H17N5S. The lowest BCUT2D eigenvalue weighted by atomic mass is 10.3. The molecule has 1 N–H and O–H groups in total. The second kappa shape index (κ2) is 5.13. The maximum absolute atomic E-state index is 4.54. The topological polar surface area (TPSA) is 45.5 Å². The molecule has 0 spiro atoms. The van der Waals surface area contributed by atoms with Crippen molar-refractivity contribution < 1.29 is 0 Å². The minimum atomic E-state index is 0.743. The molecule has 3 aromatic heterocycles. The molecule has 0 aliphatic heterocycles. The lowest BCUT2D eigenvalue weighted by Gasteiger charge is -2.12.